The van der Waals surface area contributed by atoms with Crippen LogP contribution in [-0.2, 0) is 10.9 Å². The molecule has 1 aliphatic rings. The van der Waals surface area contributed by atoms with Crippen molar-refractivity contribution in [1.82, 2.24) is 24.8 Å². The van der Waals surface area contributed by atoms with Gasteiger partial charge in [-0.1, -0.05) is 0 Å². The Morgan fingerprint density at radius 2 is 1.95 bits per heavy atom. The number of aromatic nitrogens is 4. The van der Waals surface area contributed by atoms with Crippen LogP contribution in [0.15, 0.2) is 42.9 Å². The van der Waals surface area contributed by atoms with Crippen molar-refractivity contribution >= 4 is 11.7 Å². The number of halogens is 3. The molecule has 1 fully saturated rings. The lowest BCUT2D eigenvalue weighted by Crippen LogP contribution is -2.58. The first-order valence-corrected chi connectivity index (χ1v) is 11.6. The third-order valence-electron chi connectivity index (χ3n) is 6.03. The Morgan fingerprint density at radius 3 is 2.62 bits per heavy atom. The molecule has 1 aliphatic heterocycles. The van der Waals surface area contributed by atoms with Gasteiger partial charge in [-0.3, -0.25) is 4.79 Å². The van der Waals surface area contributed by atoms with Crippen LogP contribution in [0.2, 0.25) is 0 Å². The van der Waals surface area contributed by atoms with Crippen LogP contribution in [0.3, 0.4) is 0 Å². The zero-order valence-corrected chi connectivity index (χ0v) is 20.8. The fraction of sp³-hybridized carbons (Fsp3) is 0.400. The van der Waals surface area contributed by atoms with Crippen molar-refractivity contribution in [3.05, 3.63) is 59.8 Å². The first-order valence-electron chi connectivity index (χ1n) is 11.6. The molecule has 4 rings (SSSR count). The molecule has 0 unspecified atom stereocenters. The Morgan fingerprint density at radius 1 is 1.22 bits per heavy atom. The summed E-state index contributed by atoms with van der Waals surface area (Å²) in [5.74, 6) is 0.114. The molecule has 9 nitrogen and oxygen atoms in total. The maximum Gasteiger partial charge on any atom is 0.418 e. The van der Waals surface area contributed by atoms with E-state index in [0.29, 0.717) is 17.1 Å². The van der Waals surface area contributed by atoms with E-state index in [1.54, 1.807) is 42.4 Å². The molecule has 0 aromatic carbocycles. The Labute approximate surface area is 212 Å². The van der Waals surface area contributed by atoms with Crippen molar-refractivity contribution in [3.63, 3.8) is 0 Å². The Bertz CT molecular complexity index is 1260. The topological polar surface area (TPSA) is 102 Å². The number of hydrogen-bond acceptors (Lipinski definition) is 8. The van der Waals surface area contributed by atoms with E-state index in [-0.39, 0.29) is 48.5 Å². The second-order valence-corrected chi connectivity index (χ2v) is 8.75. The summed E-state index contributed by atoms with van der Waals surface area (Å²) in [4.78, 5) is 32.5. The number of nitrogens with one attached hydrogen (secondary N) is 1. The predicted octanol–water partition coefficient (Wildman–Crippen LogP) is 4.00. The van der Waals surface area contributed by atoms with Gasteiger partial charge in [0.25, 0.3) is 5.91 Å². The average Bonchev–Trinajstić information content (AvgIpc) is 2.87. The minimum absolute atomic E-state index is 0.0608. The normalized spacial score (nSPS) is 20.0. The maximum atomic E-state index is 13.9. The number of rotatable bonds is 6. The van der Waals surface area contributed by atoms with E-state index in [9.17, 15) is 18.0 Å². The molecule has 0 bridgehead atoms. The number of aryl methyl sites for hydroxylation is 1. The molecule has 0 radical (unpaired) electrons. The predicted molar refractivity (Wildman–Crippen MR) is 129 cm³/mol. The van der Waals surface area contributed by atoms with Crippen LogP contribution in [0.4, 0.5) is 19.0 Å². The molecule has 12 heteroatoms. The van der Waals surface area contributed by atoms with E-state index in [0.717, 1.165) is 12.3 Å². The maximum absolute atomic E-state index is 13.9. The Kier molecular flexibility index (Phi) is 7.58. The number of nitrogens with zero attached hydrogens (tertiary/aromatic N) is 5. The van der Waals surface area contributed by atoms with E-state index >= 15 is 0 Å². The smallest absolute Gasteiger partial charge is 0.418 e. The lowest BCUT2D eigenvalue weighted by molar-refractivity contribution is -0.137. The van der Waals surface area contributed by atoms with Gasteiger partial charge in [0.15, 0.2) is 17.4 Å². The van der Waals surface area contributed by atoms with Gasteiger partial charge in [0, 0.05) is 37.4 Å². The third-order valence-corrected chi connectivity index (χ3v) is 6.03. The second-order valence-electron chi connectivity index (χ2n) is 8.75. The summed E-state index contributed by atoms with van der Waals surface area (Å²) in [5, 5.41) is 3.03. The molecule has 3 aromatic rings. The first kappa shape index (κ1) is 26.3. The van der Waals surface area contributed by atoms with Crippen molar-refractivity contribution in [1.29, 1.82) is 0 Å². The van der Waals surface area contributed by atoms with E-state index in [1.807, 2.05) is 13.8 Å². The fourth-order valence-electron chi connectivity index (χ4n) is 4.24. The first-order chi connectivity index (χ1) is 17.6. The van der Waals surface area contributed by atoms with Gasteiger partial charge < -0.3 is 19.7 Å². The highest BCUT2D eigenvalue weighted by Crippen LogP contribution is 2.34. The summed E-state index contributed by atoms with van der Waals surface area (Å²) in [6.07, 6.45) is -1.26. The molecule has 3 atom stereocenters. The molecule has 1 amide bonds. The van der Waals surface area contributed by atoms with Gasteiger partial charge in [-0.15, -0.1) is 0 Å². The highest BCUT2D eigenvalue weighted by Gasteiger charge is 2.38. The summed E-state index contributed by atoms with van der Waals surface area (Å²) in [6.45, 7) is 5.93. The van der Waals surface area contributed by atoms with Crippen LogP contribution < -0.4 is 10.1 Å². The molecule has 0 saturated carbocycles. The van der Waals surface area contributed by atoms with Crippen LogP contribution in [0, 0.1) is 6.92 Å². The van der Waals surface area contributed by atoms with E-state index in [1.165, 1.54) is 7.11 Å². The monoisotopic (exact) mass is 516 g/mol. The van der Waals surface area contributed by atoms with E-state index in [2.05, 4.69) is 25.3 Å². The van der Waals surface area contributed by atoms with Crippen molar-refractivity contribution in [2.24, 2.45) is 0 Å². The minimum Gasteiger partial charge on any atom is -0.493 e. The number of hydrogen-bond donors (Lipinski definition) is 1. The summed E-state index contributed by atoms with van der Waals surface area (Å²) in [7, 11) is 1.27. The number of carbonyl (C=O) groups is 1. The van der Waals surface area contributed by atoms with Gasteiger partial charge in [0.05, 0.1) is 36.5 Å². The summed E-state index contributed by atoms with van der Waals surface area (Å²) in [5.41, 5.74) is 0.449. The lowest BCUT2D eigenvalue weighted by Gasteiger charge is -2.43. The number of methoxy groups -OCH3 is 1. The third kappa shape index (κ3) is 5.79. The van der Waals surface area contributed by atoms with Crippen LogP contribution in [-0.4, -0.2) is 69.2 Å². The minimum atomic E-state index is -4.55. The molecule has 3 aromatic heterocycles. The number of carbonyl (C=O) groups excluding carboxylic acids is 1. The lowest BCUT2D eigenvalue weighted by atomic mass is 10.0. The quantitative estimate of drug-likeness (QED) is 0.525. The molecule has 1 N–H and O–H groups in total. The van der Waals surface area contributed by atoms with Crippen molar-refractivity contribution < 1.29 is 27.4 Å². The van der Waals surface area contributed by atoms with Gasteiger partial charge in [-0.2, -0.15) is 13.2 Å². The van der Waals surface area contributed by atoms with Crippen molar-refractivity contribution in [2.75, 3.05) is 25.5 Å². The molecule has 0 aliphatic carbocycles. The van der Waals surface area contributed by atoms with E-state index in [4.69, 9.17) is 9.47 Å². The summed E-state index contributed by atoms with van der Waals surface area (Å²) in [6, 6.07) is 5.63. The van der Waals surface area contributed by atoms with Crippen molar-refractivity contribution in [3.8, 4) is 17.1 Å². The van der Waals surface area contributed by atoms with Crippen LogP contribution in [0.1, 0.15) is 35.6 Å². The summed E-state index contributed by atoms with van der Waals surface area (Å²) >= 11 is 0. The highest BCUT2D eigenvalue weighted by molar-refractivity contribution is 5.98. The van der Waals surface area contributed by atoms with Gasteiger partial charge in [0.2, 0.25) is 0 Å². The molecule has 1 saturated heterocycles. The Hall–Kier alpha value is -3.80. The molecule has 37 heavy (non-hydrogen) atoms. The number of ether oxygens (including phenoxy) is 2. The molecule has 4 heterocycles. The number of amides is 1. The number of anilines is 1. The summed E-state index contributed by atoms with van der Waals surface area (Å²) < 4.78 is 50.4. The van der Waals surface area contributed by atoms with E-state index < -0.39 is 17.8 Å². The average molecular weight is 517 g/mol. The number of pyridine rings is 2. The van der Waals surface area contributed by atoms with Gasteiger partial charge in [-0.25, -0.2) is 19.9 Å². The molecular formula is C25H27F3N6O3. The zero-order valence-electron chi connectivity index (χ0n) is 20.8. The number of morpholine rings is 1. The van der Waals surface area contributed by atoms with Crippen LogP contribution >= 0.6 is 0 Å². The zero-order chi connectivity index (χ0) is 26.7. The van der Waals surface area contributed by atoms with Crippen LogP contribution in [0.25, 0.3) is 11.4 Å². The van der Waals surface area contributed by atoms with Gasteiger partial charge >= 0.3 is 6.18 Å². The fourth-order valence-corrected chi connectivity index (χ4v) is 4.24. The Balaban J connectivity index is 1.63. The largest absolute Gasteiger partial charge is 0.493 e. The highest BCUT2D eigenvalue weighted by atomic mass is 19.4. The van der Waals surface area contributed by atoms with Crippen molar-refractivity contribution in [2.45, 2.75) is 45.2 Å². The second kappa shape index (κ2) is 10.7. The standard InChI is InChI=1S/C25H27F3N6O3/c1-14-6-7-18(22-29-8-5-9-30-22)21(33-14)24(35)34-13-15(2)37-16(3)19(34)12-32-23-20(36-4)10-17(11-31-23)25(26,27)28/h5-11,15-16,19H,12-13H2,1-4H3,(H,31,32)/t15-,16+,19-/m1/s1. The van der Waals surface area contributed by atoms with Crippen LogP contribution in [0.5, 0.6) is 5.75 Å². The van der Waals surface area contributed by atoms with Gasteiger partial charge in [-0.05, 0) is 45.0 Å². The molecular weight excluding hydrogens is 489 g/mol. The molecule has 196 valence electrons. The SMILES string of the molecule is COc1cc(C(F)(F)F)cnc1NC[C@@H]1[C@H](C)O[C@H](C)CN1C(=O)c1nc(C)ccc1-c1ncccn1. The molecule has 0 spiro atoms. The number of alkyl halides is 3. The van der Waals surface area contributed by atoms with Gasteiger partial charge in [0.1, 0.15) is 5.69 Å².